The lowest BCUT2D eigenvalue weighted by atomic mass is 10.2. The molecule has 7 heteroatoms. The second-order valence-electron chi connectivity index (χ2n) is 3.49. The highest BCUT2D eigenvalue weighted by Crippen LogP contribution is 2.17. The van der Waals surface area contributed by atoms with Crippen LogP contribution < -0.4 is 11.2 Å². The smallest absolute Gasteiger partial charge is 0.305 e. The zero-order chi connectivity index (χ0) is 12.0. The van der Waals surface area contributed by atoms with Gasteiger partial charge in [0.05, 0.1) is 11.0 Å². The summed E-state index contributed by atoms with van der Waals surface area (Å²) in [7, 11) is 0. The Hall–Kier alpha value is -2.57. The Kier molecular flexibility index (Phi) is 1.82. The third-order valence-corrected chi connectivity index (χ3v) is 2.40. The molecule has 0 radical (unpaired) electrons. The maximum atomic E-state index is 13.0. The molecule has 0 unspecified atom stereocenters. The van der Waals surface area contributed by atoms with E-state index < -0.39 is 17.1 Å². The van der Waals surface area contributed by atoms with Gasteiger partial charge in [0, 0.05) is 11.5 Å². The number of halogens is 1. The van der Waals surface area contributed by atoms with Gasteiger partial charge in [-0.3, -0.25) is 9.78 Å². The van der Waals surface area contributed by atoms with Crippen LogP contribution in [0.5, 0.6) is 0 Å². The van der Waals surface area contributed by atoms with Crippen LogP contribution in [0.15, 0.2) is 27.8 Å². The summed E-state index contributed by atoms with van der Waals surface area (Å²) in [4.78, 5) is 27.1. The predicted octanol–water partition coefficient (Wildman–Crippen LogP) is 0.299. The van der Waals surface area contributed by atoms with Crippen LogP contribution in [-0.4, -0.2) is 20.2 Å². The molecule has 0 fully saturated rings. The van der Waals surface area contributed by atoms with E-state index in [1.54, 1.807) is 0 Å². The molecule has 0 aliphatic rings. The van der Waals surface area contributed by atoms with Gasteiger partial charge in [0.2, 0.25) is 0 Å². The quantitative estimate of drug-likeness (QED) is 0.545. The summed E-state index contributed by atoms with van der Waals surface area (Å²) in [6, 6.07) is 3.85. The second-order valence-corrected chi connectivity index (χ2v) is 3.49. The lowest BCUT2D eigenvalue weighted by Gasteiger charge is -2.00. The molecule has 2 heterocycles. The average Bonchev–Trinajstić information content (AvgIpc) is 2.27. The van der Waals surface area contributed by atoms with Crippen molar-refractivity contribution in [3.05, 3.63) is 44.9 Å². The molecule has 2 aromatic heterocycles. The van der Waals surface area contributed by atoms with E-state index in [1.807, 2.05) is 4.98 Å². The van der Waals surface area contributed by atoms with Gasteiger partial charge in [-0.25, -0.2) is 9.18 Å². The Morgan fingerprint density at radius 2 is 1.94 bits per heavy atom. The number of nitrogens with one attached hydrogen (secondary N) is 2. The maximum absolute atomic E-state index is 13.0. The van der Waals surface area contributed by atoms with Crippen molar-refractivity contribution in [2.24, 2.45) is 0 Å². The molecule has 0 saturated heterocycles. The Bertz CT molecular complexity index is 852. The first-order valence-corrected chi connectivity index (χ1v) is 4.73. The SMILES string of the molecule is O=c1[nH]c(=O)c2nnc3cc(F)ccc3c2[nH]1. The molecule has 3 aromatic rings. The van der Waals surface area contributed by atoms with Gasteiger partial charge in [-0.1, -0.05) is 0 Å². The number of H-pyrrole nitrogens is 2. The highest BCUT2D eigenvalue weighted by atomic mass is 19.1. The number of hydrogen-bond acceptors (Lipinski definition) is 4. The van der Waals surface area contributed by atoms with Gasteiger partial charge >= 0.3 is 5.69 Å². The van der Waals surface area contributed by atoms with Crippen molar-refractivity contribution in [1.29, 1.82) is 0 Å². The molecular formula is C10H5FN4O2. The first-order valence-electron chi connectivity index (χ1n) is 4.73. The van der Waals surface area contributed by atoms with E-state index >= 15 is 0 Å². The normalized spacial score (nSPS) is 11.1. The number of fused-ring (bicyclic) bond motifs is 3. The summed E-state index contributed by atoms with van der Waals surface area (Å²) >= 11 is 0. The standard InChI is InChI=1S/C10H5FN4O2/c11-4-1-2-5-6(3-4)14-15-8-7(5)12-10(17)13-9(8)16/h1-3H,(H2,12,13,16,17). The number of aromatic amines is 2. The first kappa shape index (κ1) is 9.64. The largest absolute Gasteiger partial charge is 0.326 e. The number of benzene rings is 1. The number of hydrogen-bond donors (Lipinski definition) is 2. The van der Waals surface area contributed by atoms with E-state index in [9.17, 15) is 14.0 Å². The third kappa shape index (κ3) is 1.40. The molecule has 0 aliphatic heterocycles. The van der Waals surface area contributed by atoms with Crippen molar-refractivity contribution < 1.29 is 4.39 Å². The fourth-order valence-corrected chi connectivity index (χ4v) is 1.67. The molecule has 0 aliphatic carbocycles. The lowest BCUT2D eigenvalue weighted by molar-refractivity contribution is 0.629. The van der Waals surface area contributed by atoms with Crippen molar-refractivity contribution in [1.82, 2.24) is 20.2 Å². The van der Waals surface area contributed by atoms with Crippen LogP contribution in [-0.2, 0) is 0 Å². The molecule has 0 atom stereocenters. The summed E-state index contributed by atoms with van der Waals surface area (Å²) in [6.45, 7) is 0. The fraction of sp³-hybridized carbons (Fsp3) is 0. The minimum atomic E-state index is -0.638. The number of rotatable bonds is 0. The Balaban J connectivity index is 2.64. The molecule has 0 amide bonds. The Morgan fingerprint density at radius 1 is 1.12 bits per heavy atom. The van der Waals surface area contributed by atoms with Crippen LogP contribution in [0.25, 0.3) is 21.9 Å². The first-order chi connectivity index (χ1) is 8.15. The zero-order valence-electron chi connectivity index (χ0n) is 8.32. The monoisotopic (exact) mass is 232 g/mol. The van der Waals surface area contributed by atoms with E-state index in [0.29, 0.717) is 5.39 Å². The summed E-state index contributed by atoms with van der Waals surface area (Å²) in [6.07, 6.45) is 0. The van der Waals surface area contributed by atoms with E-state index in [1.165, 1.54) is 18.2 Å². The van der Waals surface area contributed by atoms with Gasteiger partial charge < -0.3 is 4.98 Å². The van der Waals surface area contributed by atoms with Gasteiger partial charge in [-0.2, -0.15) is 0 Å². The lowest BCUT2D eigenvalue weighted by Crippen LogP contribution is -2.23. The molecule has 0 spiro atoms. The van der Waals surface area contributed by atoms with Crippen LogP contribution in [0.1, 0.15) is 0 Å². The van der Waals surface area contributed by atoms with E-state index in [4.69, 9.17) is 0 Å². The molecule has 1 aromatic carbocycles. The van der Waals surface area contributed by atoms with Gasteiger partial charge in [0.15, 0.2) is 5.52 Å². The molecule has 2 N–H and O–H groups in total. The van der Waals surface area contributed by atoms with Crippen molar-refractivity contribution in [3.63, 3.8) is 0 Å². The molecule has 3 rings (SSSR count). The minimum absolute atomic E-state index is 0.0173. The van der Waals surface area contributed by atoms with Crippen LogP contribution in [0, 0.1) is 5.82 Å². The van der Waals surface area contributed by atoms with Gasteiger partial charge in [0.1, 0.15) is 5.82 Å². The van der Waals surface area contributed by atoms with Gasteiger partial charge in [-0.05, 0) is 12.1 Å². The molecule has 0 bridgehead atoms. The maximum Gasteiger partial charge on any atom is 0.326 e. The Morgan fingerprint density at radius 3 is 2.76 bits per heavy atom. The fourth-order valence-electron chi connectivity index (χ4n) is 1.67. The molecule has 6 nitrogen and oxygen atoms in total. The topological polar surface area (TPSA) is 91.5 Å². The predicted molar refractivity (Wildman–Crippen MR) is 58.2 cm³/mol. The number of nitrogens with zero attached hydrogens (tertiary/aromatic N) is 2. The highest BCUT2D eigenvalue weighted by molar-refractivity contribution is 6.00. The summed E-state index contributed by atoms with van der Waals surface area (Å²) < 4.78 is 13.0. The number of aromatic nitrogens is 4. The molecular weight excluding hydrogens is 227 g/mol. The van der Waals surface area contributed by atoms with E-state index in [-0.39, 0.29) is 16.6 Å². The van der Waals surface area contributed by atoms with Crippen molar-refractivity contribution in [2.75, 3.05) is 0 Å². The van der Waals surface area contributed by atoms with Gasteiger partial charge in [-0.15, -0.1) is 10.2 Å². The van der Waals surface area contributed by atoms with Crippen LogP contribution in [0.3, 0.4) is 0 Å². The second kappa shape index (κ2) is 3.21. The van der Waals surface area contributed by atoms with E-state index in [2.05, 4.69) is 15.2 Å². The van der Waals surface area contributed by atoms with Crippen LogP contribution >= 0.6 is 0 Å². The summed E-state index contributed by atoms with van der Waals surface area (Å²) in [5.41, 5.74) is -0.713. The van der Waals surface area contributed by atoms with Crippen molar-refractivity contribution in [3.8, 4) is 0 Å². The zero-order valence-corrected chi connectivity index (χ0v) is 8.32. The van der Waals surface area contributed by atoms with Gasteiger partial charge in [0.25, 0.3) is 5.56 Å². The molecule has 0 saturated carbocycles. The van der Waals surface area contributed by atoms with Crippen LogP contribution in [0.2, 0.25) is 0 Å². The van der Waals surface area contributed by atoms with Crippen molar-refractivity contribution >= 4 is 21.9 Å². The summed E-state index contributed by atoms with van der Waals surface area (Å²) in [5.74, 6) is -0.460. The minimum Gasteiger partial charge on any atom is -0.305 e. The third-order valence-electron chi connectivity index (χ3n) is 2.40. The highest BCUT2D eigenvalue weighted by Gasteiger charge is 2.08. The average molecular weight is 232 g/mol. The van der Waals surface area contributed by atoms with Crippen molar-refractivity contribution in [2.45, 2.75) is 0 Å². The molecule has 84 valence electrons. The Labute approximate surface area is 92.1 Å². The van der Waals surface area contributed by atoms with E-state index in [0.717, 1.165) is 0 Å². The molecule has 17 heavy (non-hydrogen) atoms. The van der Waals surface area contributed by atoms with Crippen LogP contribution in [0.4, 0.5) is 4.39 Å². The summed E-state index contributed by atoms with van der Waals surface area (Å²) in [5, 5.41) is 7.86.